The van der Waals surface area contributed by atoms with E-state index in [4.69, 9.17) is 15.2 Å². The molecule has 0 saturated heterocycles. The van der Waals surface area contributed by atoms with E-state index in [1.54, 1.807) is 55.8 Å². The number of amides is 2. The molecule has 1 atom stereocenters. The highest BCUT2D eigenvalue weighted by Gasteiger charge is 2.28. The Hall–Kier alpha value is -4.99. The summed E-state index contributed by atoms with van der Waals surface area (Å²) in [6, 6.07) is 16.5. The van der Waals surface area contributed by atoms with E-state index in [9.17, 15) is 14.4 Å². The molecule has 5 rings (SSSR count). The molecule has 3 N–H and O–H groups in total. The first kappa shape index (κ1) is 23.7. The molecule has 2 amide bonds. The van der Waals surface area contributed by atoms with Crippen molar-refractivity contribution < 1.29 is 23.9 Å². The molecular weight excluding hydrogens is 474 g/mol. The highest BCUT2D eigenvalue weighted by atomic mass is 16.5. The molecule has 37 heavy (non-hydrogen) atoms. The molecule has 3 heterocycles. The third-order valence-electron chi connectivity index (χ3n) is 6.01. The number of hydrogen-bond acceptors (Lipinski definition) is 7. The maximum absolute atomic E-state index is 13.3. The zero-order chi connectivity index (χ0) is 25.9. The van der Waals surface area contributed by atoms with Crippen molar-refractivity contribution in [2.45, 2.75) is 19.1 Å². The molecule has 1 aliphatic rings. The molecule has 2 aromatic carbocycles. The first-order valence-electron chi connectivity index (χ1n) is 11.5. The fourth-order valence-corrected chi connectivity index (χ4v) is 4.17. The summed E-state index contributed by atoms with van der Waals surface area (Å²) < 4.78 is 12.6. The number of ether oxygens (including phenoxy) is 2. The van der Waals surface area contributed by atoms with Gasteiger partial charge in [-0.05, 0) is 29.8 Å². The molecule has 1 aliphatic heterocycles. The van der Waals surface area contributed by atoms with Gasteiger partial charge in [-0.2, -0.15) is 5.10 Å². The zero-order valence-electron chi connectivity index (χ0n) is 19.9. The van der Waals surface area contributed by atoms with E-state index in [-0.39, 0.29) is 24.4 Å². The fraction of sp³-hybridized carbons (Fsp3) is 0.148. The van der Waals surface area contributed by atoms with Crippen molar-refractivity contribution in [3.8, 4) is 28.6 Å². The summed E-state index contributed by atoms with van der Waals surface area (Å²) in [4.78, 5) is 41.9. The second-order valence-corrected chi connectivity index (χ2v) is 8.42. The number of rotatable bonds is 8. The van der Waals surface area contributed by atoms with Crippen LogP contribution in [0.25, 0.3) is 17.1 Å². The molecule has 0 saturated carbocycles. The van der Waals surface area contributed by atoms with Crippen molar-refractivity contribution in [3.63, 3.8) is 0 Å². The Labute approximate surface area is 212 Å². The third-order valence-corrected chi connectivity index (χ3v) is 6.01. The second-order valence-electron chi connectivity index (χ2n) is 8.42. The van der Waals surface area contributed by atoms with E-state index in [0.717, 1.165) is 16.7 Å². The number of nitrogens with zero attached hydrogens (tertiary/aromatic N) is 3. The number of carbonyl (C=O) groups excluding carboxylic acids is 3. The van der Waals surface area contributed by atoms with Crippen LogP contribution in [0.3, 0.4) is 0 Å². The Balaban J connectivity index is 1.46. The lowest BCUT2D eigenvalue weighted by Gasteiger charge is -2.17. The molecule has 0 fully saturated rings. The van der Waals surface area contributed by atoms with Gasteiger partial charge in [0.05, 0.1) is 12.7 Å². The maximum Gasteiger partial charge on any atom is 0.287 e. The van der Waals surface area contributed by atoms with Crippen molar-refractivity contribution in [1.82, 2.24) is 20.1 Å². The SMILES string of the molecule is COc1ccc2c(c1)OCc1cn(-c3ncccc3C(=O)NC(Cc3ccccc3)C(=O)C(N)=O)nc1-2. The highest BCUT2D eigenvalue weighted by Crippen LogP contribution is 2.39. The van der Waals surface area contributed by atoms with Crippen molar-refractivity contribution in [3.05, 3.63) is 89.7 Å². The topological polar surface area (TPSA) is 138 Å². The van der Waals surface area contributed by atoms with E-state index < -0.39 is 23.6 Å². The van der Waals surface area contributed by atoms with E-state index in [0.29, 0.717) is 17.2 Å². The van der Waals surface area contributed by atoms with Crippen molar-refractivity contribution in [1.29, 1.82) is 0 Å². The summed E-state index contributed by atoms with van der Waals surface area (Å²) >= 11 is 0. The average Bonchev–Trinajstić information content (AvgIpc) is 3.37. The molecule has 0 bridgehead atoms. The molecule has 1 unspecified atom stereocenters. The van der Waals surface area contributed by atoms with E-state index >= 15 is 0 Å². The number of pyridine rings is 1. The van der Waals surface area contributed by atoms with Crippen LogP contribution in [0.4, 0.5) is 0 Å². The van der Waals surface area contributed by atoms with Gasteiger partial charge in [-0.15, -0.1) is 0 Å². The van der Waals surface area contributed by atoms with Gasteiger partial charge in [0.1, 0.15) is 29.8 Å². The van der Waals surface area contributed by atoms with E-state index in [1.807, 2.05) is 18.2 Å². The van der Waals surface area contributed by atoms with E-state index in [1.165, 1.54) is 10.9 Å². The molecule has 4 aromatic rings. The molecule has 2 aromatic heterocycles. The number of ketones is 1. The van der Waals surface area contributed by atoms with Crippen LogP contribution >= 0.6 is 0 Å². The van der Waals surface area contributed by atoms with E-state index in [2.05, 4.69) is 15.4 Å². The van der Waals surface area contributed by atoms with Crippen LogP contribution in [0.2, 0.25) is 0 Å². The zero-order valence-corrected chi connectivity index (χ0v) is 19.9. The van der Waals surface area contributed by atoms with Gasteiger partial charge < -0.3 is 20.5 Å². The number of methoxy groups -OCH3 is 1. The van der Waals surface area contributed by atoms with Gasteiger partial charge in [0.15, 0.2) is 5.82 Å². The number of primary amides is 1. The molecule has 0 aliphatic carbocycles. The van der Waals surface area contributed by atoms with Gasteiger partial charge >= 0.3 is 0 Å². The van der Waals surface area contributed by atoms with Crippen LogP contribution in [0, 0.1) is 0 Å². The second kappa shape index (κ2) is 9.94. The number of Topliss-reactive ketones (excluding diaryl/α,β-unsaturated/α-hetero) is 1. The number of hydrogen-bond donors (Lipinski definition) is 2. The lowest BCUT2D eigenvalue weighted by atomic mass is 10.0. The molecule has 186 valence electrons. The Morgan fingerprint density at radius 1 is 1.14 bits per heavy atom. The number of aromatic nitrogens is 3. The molecule has 10 nitrogen and oxygen atoms in total. The largest absolute Gasteiger partial charge is 0.497 e. The van der Waals surface area contributed by atoms with Crippen molar-refractivity contribution in [2.24, 2.45) is 5.73 Å². The van der Waals surface area contributed by atoms with Crippen LogP contribution in [-0.4, -0.2) is 45.5 Å². The predicted molar refractivity (Wildman–Crippen MR) is 133 cm³/mol. The number of carbonyl (C=O) groups is 3. The number of nitrogens with one attached hydrogen (secondary N) is 1. The van der Waals surface area contributed by atoms with Crippen LogP contribution < -0.4 is 20.5 Å². The van der Waals surface area contributed by atoms with Gasteiger partial charge in [-0.3, -0.25) is 14.4 Å². The first-order chi connectivity index (χ1) is 17.9. The van der Waals surface area contributed by atoms with Crippen molar-refractivity contribution in [2.75, 3.05) is 7.11 Å². The van der Waals surface area contributed by atoms with Crippen LogP contribution in [0.5, 0.6) is 11.5 Å². The minimum absolute atomic E-state index is 0.109. The minimum atomic E-state index is -1.14. The number of benzene rings is 2. The average molecular weight is 498 g/mol. The van der Waals surface area contributed by atoms with Gasteiger partial charge in [-0.25, -0.2) is 9.67 Å². The lowest BCUT2D eigenvalue weighted by Crippen LogP contribution is -2.47. The molecule has 0 radical (unpaired) electrons. The smallest absolute Gasteiger partial charge is 0.287 e. The van der Waals surface area contributed by atoms with Gasteiger partial charge in [0.2, 0.25) is 5.78 Å². The van der Waals surface area contributed by atoms with Gasteiger partial charge in [-0.1, -0.05) is 30.3 Å². The normalized spacial score (nSPS) is 12.5. The lowest BCUT2D eigenvalue weighted by molar-refractivity contribution is -0.137. The number of fused-ring (bicyclic) bond motifs is 3. The summed E-state index contributed by atoms with van der Waals surface area (Å²) in [5, 5.41) is 7.34. The Morgan fingerprint density at radius 3 is 2.70 bits per heavy atom. The monoisotopic (exact) mass is 497 g/mol. The quantitative estimate of drug-likeness (QED) is 0.356. The Kier molecular flexibility index (Phi) is 6.38. The predicted octanol–water partition coefficient (Wildman–Crippen LogP) is 2.23. The maximum atomic E-state index is 13.3. The summed E-state index contributed by atoms with van der Waals surface area (Å²) in [6.45, 7) is 0.288. The summed E-state index contributed by atoms with van der Waals surface area (Å²) in [6.07, 6.45) is 3.40. The molecular formula is C27H23N5O5. The first-order valence-corrected chi connectivity index (χ1v) is 11.5. The standard InChI is InChI=1S/C27H23N5O5/c1-36-18-9-10-19-22(13-18)37-15-17-14-32(31-23(17)19)26-20(8-5-11-29-26)27(35)30-21(24(33)25(28)34)12-16-6-3-2-4-7-16/h2-11,13-14,21H,12,15H2,1H3,(H2,28,34)(H,30,35). The summed E-state index contributed by atoms with van der Waals surface area (Å²) in [5.74, 6) is -1.03. The van der Waals surface area contributed by atoms with Crippen LogP contribution in [0.1, 0.15) is 21.5 Å². The van der Waals surface area contributed by atoms with Crippen molar-refractivity contribution >= 4 is 17.6 Å². The minimum Gasteiger partial charge on any atom is -0.497 e. The summed E-state index contributed by atoms with van der Waals surface area (Å²) in [7, 11) is 1.58. The Morgan fingerprint density at radius 2 is 1.95 bits per heavy atom. The summed E-state index contributed by atoms with van der Waals surface area (Å²) in [5.41, 5.74) is 8.51. The van der Waals surface area contributed by atoms with Crippen LogP contribution in [0.15, 0.2) is 73.1 Å². The number of nitrogens with two attached hydrogens (primary N) is 1. The van der Waals surface area contributed by atoms with Gasteiger partial charge in [0, 0.05) is 36.0 Å². The van der Waals surface area contributed by atoms with Crippen LogP contribution in [-0.2, 0) is 22.6 Å². The fourth-order valence-electron chi connectivity index (χ4n) is 4.17. The molecule has 0 spiro atoms. The highest BCUT2D eigenvalue weighted by molar-refractivity contribution is 6.38. The Bertz CT molecular complexity index is 1500. The third kappa shape index (κ3) is 4.76. The molecule has 10 heteroatoms. The van der Waals surface area contributed by atoms with Gasteiger partial charge in [0.25, 0.3) is 11.8 Å².